The quantitative estimate of drug-likeness (QED) is 0.793. The van der Waals surface area contributed by atoms with E-state index in [1.54, 1.807) is 0 Å². The summed E-state index contributed by atoms with van der Waals surface area (Å²) in [6.45, 7) is 8.28. The third-order valence-electron chi connectivity index (χ3n) is 3.84. The zero-order chi connectivity index (χ0) is 14.1. The van der Waals surface area contributed by atoms with Crippen LogP contribution in [0, 0.1) is 11.3 Å². The highest BCUT2D eigenvalue weighted by Gasteiger charge is 2.39. The van der Waals surface area contributed by atoms with Gasteiger partial charge < -0.3 is 15.1 Å². The molecule has 1 aliphatic rings. The van der Waals surface area contributed by atoms with Crippen molar-refractivity contribution in [2.75, 3.05) is 6.54 Å². The molecule has 18 heavy (non-hydrogen) atoms. The normalized spacial score (nSPS) is 26.2. The molecule has 3 unspecified atom stereocenters. The van der Waals surface area contributed by atoms with Gasteiger partial charge in [0.25, 0.3) is 0 Å². The predicted octanol–water partition coefficient (Wildman–Crippen LogP) is 1.11. The topological polar surface area (TPSA) is 77.8 Å². The molecule has 0 aromatic rings. The zero-order valence-corrected chi connectivity index (χ0v) is 11.5. The summed E-state index contributed by atoms with van der Waals surface area (Å²) in [5, 5.41) is 18.5. The molecule has 0 radical (unpaired) electrons. The minimum atomic E-state index is -1.04. The molecule has 2 N–H and O–H groups in total. The lowest BCUT2D eigenvalue weighted by molar-refractivity contribution is -0.148. The molecular formula is C13H23NO4. The molecule has 5 nitrogen and oxygen atoms in total. The van der Waals surface area contributed by atoms with E-state index in [-0.39, 0.29) is 30.2 Å². The van der Waals surface area contributed by atoms with Gasteiger partial charge in [0.15, 0.2) is 0 Å². The number of hydrogen-bond donors (Lipinski definition) is 2. The van der Waals surface area contributed by atoms with Gasteiger partial charge in [-0.2, -0.15) is 0 Å². The van der Waals surface area contributed by atoms with Gasteiger partial charge in [-0.25, -0.2) is 4.79 Å². The number of rotatable bonds is 3. The summed E-state index contributed by atoms with van der Waals surface area (Å²) in [4.78, 5) is 24.5. The minimum Gasteiger partial charge on any atom is -0.480 e. The zero-order valence-electron chi connectivity index (χ0n) is 11.5. The molecule has 0 spiro atoms. The van der Waals surface area contributed by atoms with Gasteiger partial charge in [0.2, 0.25) is 5.91 Å². The van der Waals surface area contributed by atoms with Crippen molar-refractivity contribution < 1.29 is 19.8 Å². The standard InChI is InChI=1S/C13H23NO4/c1-8(13(2,3)4)5-11(16)14-7-9(15)6-10(14)12(17)18/h8-10,15H,5-7H2,1-4H3,(H,17,18). The summed E-state index contributed by atoms with van der Waals surface area (Å²) in [6, 6.07) is -0.875. The largest absolute Gasteiger partial charge is 0.480 e. The number of likely N-dealkylation sites (tertiary alicyclic amines) is 1. The maximum Gasteiger partial charge on any atom is 0.326 e. The molecule has 1 amide bonds. The van der Waals surface area contributed by atoms with Gasteiger partial charge >= 0.3 is 5.97 Å². The number of aliphatic carboxylic acids is 1. The molecule has 1 rings (SSSR count). The average Bonchev–Trinajstić information content (AvgIpc) is 2.58. The van der Waals surface area contributed by atoms with Crippen LogP contribution in [0.2, 0.25) is 0 Å². The third kappa shape index (κ3) is 3.45. The Morgan fingerprint density at radius 3 is 2.39 bits per heavy atom. The van der Waals surface area contributed by atoms with E-state index >= 15 is 0 Å². The van der Waals surface area contributed by atoms with Crippen LogP contribution in [-0.4, -0.2) is 45.7 Å². The molecule has 0 saturated carbocycles. The number of β-amino-alcohol motifs (C(OH)–C–C–N with tert-alkyl or cyclic N) is 1. The Kier molecular flexibility index (Phi) is 4.37. The van der Waals surface area contributed by atoms with Gasteiger partial charge in [-0.3, -0.25) is 4.79 Å². The van der Waals surface area contributed by atoms with Gasteiger partial charge in [0.1, 0.15) is 6.04 Å². The first-order valence-corrected chi connectivity index (χ1v) is 6.33. The molecule has 1 saturated heterocycles. The maximum atomic E-state index is 12.1. The van der Waals surface area contributed by atoms with Crippen molar-refractivity contribution in [3.8, 4) is 0 Å². The fourth-order valence-electron chi connectivity index (χ4n) is 2.01. The third-order valence-corrected chi connectivity index (χ3v) is 3.84. The van der Waals surface area contributed by atoms with Gasteiger partial charge in [-0.1, -0.05) is 27.7 Å². The first kappa shape index (κ1) is 15.0. The summed E-state index contributed by atoms with van der Waals surface area (Å²) in [5.74, 6) is -1.05. The second-order valence-electron chi connectivity index (χ2n) is 6.26. The Bertz CT molecular complexity index is 334. The number of aliphatic hydroxyl groups is 1. The van der Waals surface area contributed by atoms with E-state index in [1.807, 2.05) is 6.92 Å². The van der Waals surface area contributed by atoms with Crippen LogP contribution < -0.4 is 0 Å². The molecule has 1 fully saturated rings. The van der Waals surface area contributed by atoms with Crippen LogP contribution in [0.25, 0.3) is 0 Å². The molecule has 1 heterocycles. The van der Waals surface area contributed by atoms with Crippen LogP contribution in [0.4, 0.5) is 0 Å². The van der Waals surface area contributed by atoms with Crippen molar-refractivity contribution in [1.29, 1.82) is 0 Å². The molecule has 5 heteroatoms. The van der Waals surface area contributed by atoms with Crippen LogP contribution in [-0.2, 0) is 9.59 Å². The molecule has 0 aromatic carbocycles. The lowest BCUT2D eigenvalue weighted by Crippen LogP contribution is -2.41. The van der Waals surface area contributed by atoms with Gasteiger partial charge in [0, 0.05) is 19.4 Å². The summed E-state index contributed by atoms with van der Waals surface area (Å²) in [7, 11) is 0. The van der Waals surface area contributed by atoms with Gasteiger partial charge in [-0.15, -0.1) is 0 Å². The van der Waals surface area contributed by atoms with Gasteiger partial charge in [0.05, 0.1) is 6.10 Å². The molecule has 104 valence electrons. The number of nitrogens with zero attached hydrogens (tertiary/aromatic N) is 1. The average molecular weight is 257 g/mol. The fraction of sp³-hybridized carbons (Fsp3) is 0.846. The number of carbonyl (C=O) groups is 2. The highest BCUT2D eigenvalue weighted by Crippen LogP contribution is 2.30. The number of amides is 1. The second-order valence-corrected chi connectivity index (χ2v) is 6.26. The summed E-state index contributed by atoms with van der Waals surface area (Å²) < 4.78 is 0. The van der Waals surface area contributed by atoms with E-state index < -0.39 is 18.1 Å². The van der Waals surface area contributed by atoms with Crippen molar-refractivity contribution in [3.63, 3.8) is 0 Å². The lowest BCUT2D eigenvalue weighted by atomic mass is 9.80. The minimum absolute atomic E-state index is 0.00667. The summed E-state index contributed by atoms with van der Waals surface area (Å²) in [6.07, 6.45) is -0.273. The van der Waals surface area contributed by atoms with E-state index in [0.717, 1.165) is 0 Å². The van der Waals surface area contributed by atoms with Crippen molar-refractivity contribution in [1.82, 2.24) is 4.90 Å². The highest BCUT2D eigenvalue weighted by molar-refractivity contribution is 5.84. The van der Waals surface area contributed by atoms with Crippen molar-refractivity contribution in [3.05, 3.63) is 0 Å². The summed E-state index contributed by atoms with van der Waals surface area (Å²) >= 11 is 0. The van der Waals surface area contributed by atoms with E-state index in [4.69, 9.17) is 5.11 Å². The monoisotopic (exact) mass is 257 g/mol. The number of aliphatic hydroxyl groups excluding tert-OH is 1. The maximum absolute atomic E-state index is 12.1. The molecule has 1 aliphatic heterocycles. The van der Waals surface area contributed by atoms with Crippen LogP contribution in [0.15, 0.2) is 0 Å². The second kappa shape index (κ2) is 5.26. The molecule has 0 aliphatic carbocycles. The van der Waals surface area contributed by atoms with Gasteiger partial charge in [-0.05, 0) is 11.3 Å². The number of carboxylic acid groups (broad SMARTS) is 1. The Morgan fingerprint density at radius 1 is 1.39 bits per heavy atom. The van der Waals surface area contributed by atoms with E-state index in [2.05, 4.69) is 20.8 Å². The Hall–Kier alpha value is -1.10. The number of hydrogen-bond acceptors (Lipinski definition) is 3. The Morgan fingerprint density at radius 2 is 1.94 bits per heavy atom. The van der Waals surface area contributed by atoms with Crippen molar-refractivity contribution >= 4 is 11.9 Å². The van der Waals surface area contributed by atoms with Crippen LogP contribution in [0.1, 0.15) is 40.5 Å². The number of carboxylic acids is 1. The molecule has 0 bridgehead atoms. The number of carbonyl (C=O) groups excluding carboxylic acids is 1. The first-order chi connectivity index (χ1) is 8.12. The molecule has 3 atom stereocenters. The van der Waals surface area contributed by atoms with E-state index in [9.17, 15) is 14.7 Å². The van der Waals surface area contributed by atoms with E-state index in [1.165, 1.54) is 4.90 Å². The Labute approximate surface area is 108 Å². The van der Waals surface area contributed by atoms with Crippen molar-refractivity contribution in [2.24, 2.45) is 11.3 Å². The Balaban J connectivity index is 2.69. The SMILES string of the molecule is CC(CC(=O)N1CC(O)CC1C(=O)O)C(C)(C)C. The summed E-state index contributed by atoms with van der Waals surface area (Å²) in [5.41, 5.74) is 0.00667. The lowest BCUT2D eigenvalue weighted by Gasteiger charge is -2.29. The molecule has 0 aromatic heterocycles. The molecular weight excluding hydrogens is 234 g/mol. The van der Waals surface area contributed by atoms with Crippen LogP contribution in [0.3, 0.4) is 0 Å². The fourth-order valence-corrected chi connectivity index (χ4v) is 2.01. The predicted molar refractivity (Wildman–Crippen MR) is 67.0 cm³/mol. The smallest absolute Gasteiger partial charge is 0.326 e. The first-order valence-electron chi connectivity index (χ1n) is 6.33. The van der Waals surface area contributed by atoms with Crippen LogP contribution >= 0.6 is 0 Å². The van der Waals surface area contributed by atoms with Crippen molar-refractivity contribution in [2.45, 2.75) is 52.7 Å². The van der Waals surface area contributed by atoms with Crippen LogP contribution in [0.5, 0.6) is 0 Å². The highest BCUT2D eigenvalue weighted by atomic mass is 16.4. The van der Waals surface area contributed by atoms with E-state index in [0.29, 0.717) is 6.42 Å².